The molecule has 0 N–H and O–H groups in total. The van der Waals surface area contributed by atoms with Gasteiger partial charge in [-0.05, 0) is 31.0 Å². The Morgan fingerprint density at radius 2 is 2.04 bits per heavy atom. The summed E-state index contributed by atoms with van der Waals surface area (Å²) >= 11 is 0. The molecule has 0 bridgehead atoms. The number of piperidine rings is 1. The average Bonchev–Trinajstić information content (AvgIpc) is 3.33. The molecule has 1 aromatic carbocycles. The zero-order chi connectivity index (χ0) is 18.8. The average molecular weight is 366 g/mol. The van der Waals surface area contributed by atoms with Crippen LogP contribution >= 0.6 is 0 Å². The second-order valence-corrected chi connectivity index (χ2v) is 7.20. The van der Waals surface area contributed by atoms with Gasteiger partial charge in [0.05, 0.1) is 6.61 Å². The number of likely N-dealkylation sites (tertiary alicyclic amines) is 1. The number of nitrogens with zero attached hydrogens (tertiary/aromatic N) is 4. The molecule has 1 aliphatic rings. The standard InChI is InChI=1S/C21H26N4O2/c1-23-10-8-17-18(4-3-5-19(17)23)21(26)25-11-6-16(7-12-25)20-22-9-13-24(20)14-15-27-2/h3-5,8-10,13,16H,6-7,11-12,14-15H2,1-2H3. The van der Waals surface area contributed by atoms with Gasteiger partial charge < -0.3 is 18.8 Å². The Balaban J connectivity index is 1.46. The van der Waals surface area contributed by atoms with Crippen molar-refractivity contribution in [1.82, 2.24) is 19.0 Å². The van der Waals surface area contributed by atoms with Crippen molar-refractivity contribution in [2.24, 2.45) is 7.05 Å². The van der Waals surface area contributed by atoms with Crippen LogP contribution in [0.2, 0.25) is 0 Å². The van der Waals surface area contributed by atoms with Gasteiger partial charge in [-0.25, -0.2) is 4.98 Å². The van der Waals surface area contributed by atoms with Gasteiger partial charge in [0.25, 0.3) is 5.91 Å². The van der Waals surface area contributed by atoms with Crippen LogP contribution in [0.15, 0.2) is 42.9 Å². The number of ether oxygens (including phenoxy) is 1. The van der Waals surface area contributed by atoms with Gasteiger partial charge in [0.1, 0.15) is 5.82 Å². The molecule has 1 amide bonds. The maximum Gasteiger partial charge on any atom is 0.254 e. The molecule has 0 atom stereocenters. The fourth-order valence-electron chi connectivity index (χ4n) is 4.06. The SMILES string of the molecule is COCCn1ccnc1C1CCN(C(=O)c2cccc3c2ccn3C)CC1. The van der Waals surface area contributed by atoms with Crippen LogP contribution in [-0.4, -0.2) is 51.7 Å². The Bertz CT molecular complexity index is 935. The number of hydrogen-bond acceptors (Lipinski definition) is 3. The van der Waals surface area contributed by atoms with E-state index in [2.05, 4.69) is 20.2 Å². The lowest BCUT2D eigenvalue weighted by Crippen LogP contribution is -2.38. The number of benzene rings is 1. The van der Waals surface area contributed by atoms with Gasteiger partial charge in [-0.15, -0.1) is 0 Å². The Morgan fingerprint density at radius 1 is 1.22 bits per heavy atom. The summed E-state index contributed by atoms with van der Waals surface area (Å²) in [6.07, 6.45) is 7.77. The molecule has 0 unspecified atom stereocenters. The first-order valence-corrected chi connectivity index (χ1v) is 9.52. The number of methoxy groups -OCH3 is 1. The van der Waals surface area contributed by atoms with Crippen LogP contribution in [0.1, 0.15) is 34.9 Å². The molecule has 6 heteroatoms. The minimum atomic E-state index is 0.132. The van der Waals surface area contributed by atoms with Gasteiger partial charge in [0.15, 0.2) is 0 Å². The fourth-order valence-corrected chi connectivity index (χ4v) is 4.06. The van der Waals surface area contributed by atoms with Gasteiger partial charge >= 0.3 is 0 Å². The maximum absolute atomic E-state index is 13.1. The molecule has 3 heterocycles. The molecule has 6 nitrogen and oxygen atoms in total. The summed E-state index contributed by atoms with van der Waals surface area (Å²) in [6.45, 7) is 3.04. The van der Waals surface area contributed by atoms with Crippen LogP contribution in [0.4, 0.5) is 0 Å². The number of hydrogen-bond donors (Lipinski definition) is 0. The Labute approximate surface area is 159 Å². The van der Waals surface area contributed by atoms with E-state index in [4.69, 9.17) is 4.74 Å². The summed E-state index contributed by atoms with van der Waals surface area (Å²) in [5.41, 5.74) is 1.89. The maximum atomic E-state index is 13.1. The highest BCUT2D eigenvalue weighted by Crippen LogP contribution is 2.29. The first kappa shape index (κ1) is 17.8. The van der Waals surface area contributed by atoms with E-state index < -0.39 is 0 Å². The Kier molecular flexibility index (Phi) is 4.99. The molecule has 0 saturated carbocycles. The van der Waals surface area contributed by atoms with Crippen LogP contribution in [-0.2, 0) is 18.3 Å². The zero-order valence-corrected chi connectivity index (χ0v) is 16.0. The summed E-state index contributed by atoms with van der Waals surface area (Å²) in [4.78, 5) is 19.7. The molecule has 3 aromatic rings. The van der Waals surface area contributed by atoms with Crippen molar-refractivity contribution in [2.75, 3.05) is 26.8 Å². The molecule has 0 aliphatic carbocycles. The van der Waals surface area contributed by atoms with Crippen molar-refractivity contribution in [3.05, 3.63) is 54.2 Å². The minimum Gasteiger partial charge on any atom is -0.383 e. The summed E-state index contributed by atoms with van der Waals surface area (Å²) < 4.78 is 9.42. The monoisotopic (exact) mass is 366 g/mol. The van der Waals surface area contributed by atoms with Crippen molar-refractivity contribution in [3.8, 4) is 0 Å². The third-order valence-electron chi connectivity index (χ3n) is 5.59. The van der Waals surface area contributed by atoms with Gasteiger partial charge in [-0.1, -0.05) is 6.07 Å². The highest BCUT2D eigenvalue weighted by molar-refractivity contribution is 6.06. The van der Waals surface area contributed by atoms with Crippen LogP contribution in [0.5, 0.6) is 0 Å². The Morgan fingerprint density at radius 3 is 2.81 bits per heavy atom. The topological polar surface area (TPSA) is 52.3 Å². The van der Waals surface area contributed by atoms with Crippen molar-refractivity contribution in [1.29, 1.82) is 0 Å². The third-order valence-corrected chi connectivity index (χ3v) is 5.59. The van der Waals surface area contributed by atoms with E-state index in [1.54, 1.807) is 7.11 Å². The van der Waals surface area contributed by atoms with E-state index in [0.29, 0.717) is 12.5 Å². The van der Waals surface area contributed by atoms with E-state index in [1.165, 1.54) is 0 Å². The number of amides is 1. The van der Waals surface area contributed by atoms with Gasteiger partial charge in [-0.2, -0.15) is 0 Å². The van der Waals surface area contributed by atoms with Crippen LogP contribution < -0.4 is 0 Å². The molecular formula is C21H26N4O2. The molecule has 27 heavy (non-hydrogen) atoms. The molecule has 0 spiro atoms. The fraction of sp³-hybridized carbons (Fsp3) is 0.429. The summed E-state index contributed by atoms with van der Waals surface area (Å²) in [6, 6.07) is 7.99. The summed E-state index contributed by atoms with van der Waals surface area (Å²) in [7, 11) is 3.72. The minimum absolute atomic E-state index is 0.132. The molecule has 1 fully saturated rings. The zero-order valence-electron chi connectivity index (χ0n) is 16.0. The van der Waals surface area contributed by atoms with E-state index in [1.807, 2.05) is 48.7 Å². The highest BCUT2D eigenvalue weighted by atomic mass is 16.5. The number of aryl methyl sites for hydroxylation is 1. The first-order valence-electron chi connectivity index (χ1n) is 9.52. The number of imidazole rings is 1. The molecule has 142 valence electrons. The number of carbonyl (C=O) groups excluding carboxylic acids is 1. The van der Waals surface area contributed by atoms with E-state index in [9.17, 15) is 4.79 Å². The van der Waals surface area contributed by atoms with E-state index >= 15 is 0 Å². The highest BCUT2D eigenvalue weighted by Gasteiger charge is 2.27. The molecule has 0 radical (unpaired) electrons. The van der Waals surface area contributed by atoms with Crippen molar-refractivity contribution in [3.63, 3.8) is 0 Å². The van der Waals surface area contributed by atoms with Crippen LogP contribution in [0.3, 0.4) is 0 Å². The predicted octanol–water partition coefficient (Wildman–Crippen LogP) is 3.04. The van der Waals surface area contributed by atoms with Crippen molar-refractivity contribution in [2.45, 2.75) is 25.3 Å². The molecule has 2 aromatic heterocycles. The number of rotatable bonds is 5. The predicted molar refractivity (Wildman–Crippen MR) is 105 cm³/mol. The van der Waals surface area contributed by atoms with E-state index in [-0.39, 0.29) is 5.91 Å². The van der Waals surface area contributed by atoms with Gasteiger partial charge in [0, 0.05) is 74.8 Å². The summed E-state index contributed by atoms with van der Waals surface area (Å²) in [5, 5.41) is 1.03. The molecule has 4 rings (SSSR count). The normalized spacial score (nSPS) is 15.6. The molecule has 1 saturated heterocycles. The summed E-state index contributed by atoms with van der Waals surface area (Å²) in [5.74, 6) is 1.64. The second-order valence-electron chi connectivity index (χ2n) is 7.20. The smallest absolute Gasteiger partial charge is 0.254 e. The van der Waals surface area contributed by atoms with Crippen molar-refractivity contribution < 1.29 is 9.53 Å². The first-order chi connectivity index (χ1) is 13.2. The van der Waals surface area contributed by atoms with Gasteiger partial charge in [0.2, 0.25) is 0 Å². The third kappa shape index (κ3) is 3.37. The number of fused-ring (bicyclic) bond motifs is 1. The number of aromatic nitrogens is 3. The lowest BCUT2D eigenvalue weighted by atomic mass is 9.95. The Hall–Kier alpha value is -2.60. The lowest BCUT2D eigenvalue weighted by Gasteiger charge is -2.32. The van der Waals surface area contributed by atoms with Crippen LogP contribution in [0.25, 0.3) is 10.9 Å². The molecular weight excluding hydrogens is 340 g/mol. The van der Waals surface area contributed by atoms with Gasteiger partial charge in [-0.3, -0.25) is 4.79 Å². The van der Waals surface area contributed by atoms with Crippen molar-refractivity contribution >= 4 is 16.8 Å². The quantitative estimate of drug-likeness (QED) is 0.697. The lowest BCUT2D eigenvalue weighted by molar-refractivity contribution is 0.0712. The second kappa shape index (κ2) is 7.56. The number of carbonyl (C=O) groups is 1. The van der Waals surface area contributed by atoms with Crippen LogP contribution in [0, 0.1) is 0 Å². The largest absolute Gasteiger partial charge is 0.383 e. The molecule has 1 aliphatic heterocycles. The van der Waals surface area contributed by atoms with E-state index in [0.717, 1.165) is 54.8 Å².